The van der Waals surface area contributed by atoms with Crippen LogP contribution in [0.4, 0.5) is 0 Å². The number of nitriles is 1. The molecule has 0 amide bonds. The van der Waals surface area contributed by atoms with E-state index in [4.69, 9.17) is 21.6 Å². The van der Waals surface area contributed by atoms with E-state index in [9.17, 15) is 0 Å². The number of aromatic nitrogens is 2. The van der Waals surface area contributed by atoms with Gasteiger partial charge in [0.2, 0.25) is 0 Å². The summed E-state index contributed by atoms with van der Waals surface area (Å²) in [5.41, 5.74) is 1.81. The predicted octanol–water partition coefficient (Wildman–Crippen LogP) is 2.68. The maximum atomic E-state index is 9.02. The van der Waals surface area contributed by atoms with Crippen molar-refractivity contribution in [2.45, 2.75) is 0 Å². The molecule has 2 aromatic rings. The lowest BCUT2D eigenvalue weighted by atomic mass is 10.0. The number of methoxy groups -OCH3 is 1. The van der Waals surface area contributed by atoms with Gasteiger partial charge in [-0.15, -0.1) is 0 Å². The third kappa shape index (κ3) is 2.19. The number of benzene rings is 1. The highest BCUT2D eigenvalue weighted by molar-refractivity contribution is 6.31. The van der Waals surface area contributed by atoms with Crippen LogP contribution in [0.5, 0.6) is 5.75 Å². The Morgan fingerprint density at radius 3 is 2.71 bits per heavy atom. The Balaban J connectivity index is 2.68. The van der Waals surface area contributed by atoms with Crippen LogP contribution in [0.1, 0.15) is 5.56 Å². The molecule has 4 nitrogen and oxygen atoms in total. The van der Waals surface area contributed by atoms with Gasteiger partial charge in [0.05, 0.1) is 25.1 Å². The van der Waals surface area contributed by atoms with E-state index in [1.807, 2.05) is 0 Å². The van der Waals surface area contributed by atoms with Crippen molar-refractivity contribution >= 4 is 11.6 Å². The number of ether oxygens (including phenoxy) is 1. The van der Waals surface area contributed by atoms with Crippen LogP contribution in [-0.4, -0.2) is 17.3 Å². The Morgan fingerprint density at radius 2 is 2.00 bits per heavy atom. The van der Waals surface area contributed by atoms with E-state index in [1.165, 1.54) is 12.4 Å². The summed E-state index contributed by atoms with van der Waals surface area (Å²) in [6, 6.07) is 7.27. The molecule has 0 unspecified atom stereocenters. The zero-order valence-corrected chi connectivity index (χ0v) is 9.77. The van der Waals surface area contributed by atoms with Crippen molar-refractivity contribution in [2.24, 2.45) is 0 Å². The highest BCUT2D eigenvalue weighted by Gasteiger charge is 2.11. The summed E-state index contributed by atoms with van der Waals surface area (Å²) in [6.07, 6.45) is 2.93. The molecule has 0 fully saturated rings. The average Bonchev–Trinajstić information content (AvgIpc) is 2.38. The Labute approximate surface area is 103 Å². The molecule has 0 bridgehead atoms. The van der Waals surface area contributed by atoms with Crippen LogP contribution in [0, 0.1) is 11.3 Å². The Bertz CT molecular complexity index is 593. The van der Waals surface area contributed by atoms with Crippen LogP contribution in [0.2, 0.25) is 5.02 Å². The first kappa shape index (κ1) is 11.4. The Kier molecular flexibility index (Phi) is 3.22. The normalized spacial score (nSPS) is 9.71. The van der Waals surface area contributed by atoms with Crippen molar-refractivity contribution in [1.29, 1.82) is 5.26 Å². The summed E-state index contributed by atoms with van der Waals surface area (Å²) in [7, 11) is 1.56. The zero-order valence-electron chi connectivity index (χ0n) is 9.01. The van der Waals surface area contributed by atoms with E-state index < -0.39 is 0 Å². The van der Waals surface area contributed by atoms with Gasteiger partial charge in [0.25, 0.3) is 0 Å². The molecule has 0 saturated heterocycles. The molecular weight excluding hydrogens is 238 g/mol. The van der Waals surface area contributed by atoms with Crippen molar-refractivity contribution in [2.75, 3.05) is 7.11 Å². The minimum atomic E-state index is 0.431. The largest absolute Gasteiger partial charge is 0.496 e. The second-order valence-electron chi connectivity index (χ2n) is 3.27. The summed E-state index contributed by atoms with van der Waals surface area (Å²) >= 11 is 5.94. The van der Waals surface area contributed by atoms with Crippen molar-refractivity contribution in [1.82, 2.24) is 10.2 Å². The first-order valence-corrected chi connectivity index (χ1v) is 5.18. The van der Waals surface area contributed by atoms with Gasteiger partial charge in [0, 0.05) is 16.1 Å². The Morgan fingerprint density at radius 1 is 1.24 bits per heavy atom. The van der Waals surface area contributed by atoms with Gasteiger partial charge in [-0.3, -0.25) is 0 Å². The van der Waals surface area contributed by atoms with Gasteiger partial charge in [0.1, 0.15) is 11.8 Å². The third-order valence-corrected chi connectivity index (χ3v) is 2.54. The molecular formula is C12H8ClN3O. The molecule has 1 heterocycles. The molecule has 1 aromatic carbocycles. The summed E-state index contributed by atoms with van der Waals surface area (Å²) in [5.74, 6) is 0.638. The quantitative estimate of drug-likeness (QED) is 0.816. The van der Waals surface area contributed by atoms with E-state index in [2.05, 4.69) is 16.3 Å². The van der Waals surface area contributed by atoms with Crippen molar-refractivity contribution in [3.05, 3.63) is 41.2 Å². The second-order valence-corrected chi connectivity index (χ2v) is 3.71. The van der Waals surface area contributed by atoms with Crippen LogP contribution >= 0.6 is 11.6 Å². The third-order valence-electron chi connectivity index (χ3n) is 2.30. The minimum Gasteiger partial charge on any atom is -0.496 e. The van der Waals surface area contributed by atoms with Crippen molar-refractivity contribution in [3.8, 4) is 22.9 Å². The summed E-state index contributed by atoms with van der Waals surface area (Å²) < 4.78 is 5.24. The lowest BCUT2D eigenvalue weighted by Crippen LogP contribution is -1.93. The summed E-state index contributed by atoms with van der Waals surface area (Å²) in [5, 5.41) is 17.0. The Hall–Kier alpha value is -2.12. The van der Waals surface area contributed by atoms with Crippen LogP contribution in [0.25, 0.3) is 11.1 Å². The molecule has 84 valence electrons. The number of rotatable bonds is 2. The molecule has 0 atom stereocenters. The lowest BCUT2D eigenvalue weighted by Gasteiger charge is -2.09. The molecule has 5 heteroatoms. The van der Waals surface area contributed by atoms with E-state index in [1.54, 1.807) is 25.3 Å². The van der Waals surface area contributed by atoms with E-state index >= 15 is 0 Å². The number of nitrogens with zero attached hydrogens (tertiary/aromatic N) is 3. The van der Waals surface area contributed by atoms with E-state index in [-0.39, 0.29) is 0 Å². The van der Waals surface area contributed by atoms with Crippen molar-refractivity contribution < 1.29 is 4.74 Å². The summed E-state index contributed by atoms with van der Waals surface area (Å²) in [6.45, 7) is 0. The van der Waals surface area contributed by atoms with E-state index in [0.717, 1.165) is 5.56 Å². The highest BCUT2D eigenvalue weighted by atomic mass is 35.5. The molecule has 0 N–H and O–H groups in total. The minimum absolute atomic E-state index is 0.431. The van der Waals surface area contributed by atoms with Crippen LogP contribution in [0.15, 0.2) is 30.6 Å². The molecule has 0 spiro atoms. The van der Waals surface area contributed by atoms with Crippen molar-refractivity contribution in [3.63, 3.8) is 0 Å². The fourth-order valence-corrected chi connectivity index (χ4v) is 1.69. The van der Waals surface area contributed by atoms with E-state index in [0.29, 0.717) is 21.9 Å². The molecule has 0 aliphatic heterocycles. The van der Waals surface area contributed by atoms with Gasteiger partial charge < -0.3 is 4.74 Å². The number of hydrogen-bond acceptors (Lipinski definition) is 4. The maximum absolute atomic E-state index is 9.02. The fourth-order valence-electron chi connectivity index (χ4n) is 1.52. The topological polar surface area (TPSA) is 58.8 Å². The van der Waals surface area contributed by atoms with Gasteiger partial charge in [-0.05, 0) is 18.2 Å². The fraction of sp³-hybridized carbons (Fsp3) is 0.0833. The lowest BCUT2D eigenvalue weighted by molar-refractivity contribution is 0.416. The van der Waals surface area contributed by atoms with Gasteiger partial charge in [0.15, 0.2) is 0 Å². The average molecular weight is 246 g/mol. The van der Waals surface area contributed by atoms with Crippen LogP contribution in [0.3, 0.4) is 0 Å². The molecule has 0 radical (unpaired) electrons. The molecule has 1 aromatic heterocycles. The molecule has 0 saturated carbocycles. The molecule has 0 aliphatic carbocycles. The second kappa shape index (κ2) is 4.81. The van der Waals surface area contributed by atoms with Gasteiger partial charge in [-0.2, -0.15) is 15.5 Å². The SMILES string of the molecule is COc1ccc(Cl)cc1-c1cnncc1C#N. The van der Waals surface area contributed by atoms with Gasteiger partial charge >= 0.3 is 0 Å². The van der Waals surface area contributed by atoms with Gasteiger partial charge in [-0.1, -0.05) is 11.6 Å². The summed E-state index contributed by atoms with van der Waals surface area (Å²) in [4.78, 5) is 0. The standard InChI is InChI=1S/C12H8ClN3O/c1-17-12-3-2-9(13)4-10(12)11-7-16-15-6-8(11)5-14/h2-4,6-7H,1H3. The monoisotopic (exact) mass is 245 g/mol. The molecule has 0 aliphatic rings. The predicted molar refractivity (Wildman–Crippen MR) is 63.7 cm³/mol. The molecule has 17 heavy (non-hydrogen) atoms. The van der Waals surface area contributed by atoms with Crippen LogP contribution in [-0.2, 0) is 0 Å². The maximum Gasteiger partial charge on any atom is 0.126 e. The first-order chi connectivity index (χ1) is 8.26. The first-order valence-electron chi connectivity index (χ1n) is 4.81. The zero-order chi connectivity index (χ0) is 12.3. The highest BCUT2D eigenvalue weighted by Crippen LogP contribution is 2.33. The van der Waals surface area contributed by atoms with Crippen LogP contribution < -0.4 is 4.74 Å². The number of halogens is 1. The smallest absolute Gasteiger partial charge is 0.126 e. The molecule has 2 rings (SSSR count). The van der Waals surface area contributed by atoms with Gasteiger partial charge in [-0.25, -0.2) is 0 Å². The number of hydrogen-bond donors (Lipinski definition) is 0.